The zero-order chi connectivity index (χ0) is 16.3. The zero-order valence-electron chi connectivity index (χ0n) is 11.3. The summed E-state index contributed by atoms with van der Waals surface area (Å²) in [5, 5.41) is 20.6. The summed E-state index contributed by atoms with van der Waals surface area (Å²) in [5.41, 5.74) is -0.101. The lowest BCUT2D eigenvalue weighted by atomic mass is 10.1. The van der Waals surface area contributed by atoms with E-state index in [2.05, 4.69) is 15.9 Å². The Balaban J connectivity index is 2.33. The van der Waals surface area contributed by atoms with Gasteiger partial charge in [-0.3, -0.25) is 14.9 Å². The highest BCUT2D eigenvalue weighted by atomic mass is 79.9. The number of phenols is 1. The van der Waals surface area contributed by atoms with Crippen molar-refractivity contribution in [1.82, 2.24) is 0 Å². The molecule has 0 radical (unpaired) electrons. The summed E-state index contributed by atoms with van der Waals surface area (Å²) >= 11 is 4.56. The Labute approximate surface area is 137 Å². The molecule has 2 rings (SSSR count). The van der Waals surface area contributed by atoms with Gasteiger partial charge < -0.3 is 9.84 Å². The van der Waals surface area contributed by atoms with Crippen LogP contribution in [0.2, 0.25) is 0 Å². The van der Waals surface area contributed by atoms with Gasteiger partial charge in [0.25, 0.3) is 0 Å². The van der Waals surface area contributed by atoms with Gasteiger partial charge >= 0.3 is 5.69 Å². The molecule has 0 spiro atoms. The normalized spacial score (nSPS) is 10.8. The Hall–Kier alpha value is -2.19. The highest BCUT2D eigenvalue weighted by molar-refractivity contribution is 9.11. The van der Waals surface area contributed by atoms with Crippen LogP contribution < -0.4 is 4.74 Å². The maximum atomic E-state index is 12.0. The van der Waals surface area contributed by atoms with Crippen molar-refractivity contribution in [3.8, 4) is 11.5 Å². The van der Waals surface area contributed by atoms with Crippen LogP contribution in [0.25, 0.3) is 6.08 Å². The fourth-order valence-corrected chi connectivity index (χ4v) is 3.01. The van der Waals surface area contributed by atoms with E-state index in [0.717, 1.165) is 3.79 Å². The molecule has 0 amide bonds. The molecule has 0 fully saturated rings. The average Bonchev–Trinajstić information content (AvgIpc) is 2.92. The second-order valence-electron chi connectivity index (χ2n) is 4.15. The molecule has 8 heteroatoms. The Bertz CT molecular complexity index is 769. The molecule has 114 valence electrons. The van der Waals surface area contributed by atoms with Crippen LogP contribution in [0, 0.1) is 10.1 Å². The van der Waals surface area contributed by atoms with E-state index in [1.165, 1.54) is 42.7 Å². The number of hydrogen-bond donors (Lipinski definition) is 1. The van der Waals surface area contributed by atoms with E-state index < -0.39 is 16.4 Å². The lowest BCUT2D eigenvalue weighted by Crippen LogP contribution is -1.94. The van der Waals surface area contributed by atoms with Gasteiger partial charge in [-0.1, -0.05) is 6.08 Å². The number of aromatic hydroxyl groups is 1. The van der Waals surface area contributed by atoms with E-state index in [4.69, 9.17) is 4.74 Å². The Morgan fingerprint density at radius 3 is 2.73 bits per heavy atom. The van der Waals surface area contributed by atoms with E-state index in [1.807, 2.05) is 0 Å². The van der Waals surface area contributed by atoms with Crippen molar-refractivity contribution < 1.29 is 19.6 Å². The van der Waals surface area contributed by atoms with Gasteiger partial charge in [-0.05, 0) is 45.8 Å². The van der Waals surface area contributed by atoms with E-state index in [0.29, 0.717) is 10.4 Å². The predicted molar refractivity (Wildman–Crippen MR) is 86.7 cm³/mol. The molecule has 22 heavy (non-hydrogen) atoms. The number of nitrogens with zero attached hydrogens (tertiary/aromatic N) is 1. The van der Waals surface area contributed by atoms with Gasteiger partial charge in [0, 0.05) is 6.07 Å². The lowest BCUT2D eigenvalue weighted by molar-refractivity contribution is -0.386. The van der Waals surface area contributed by atoms with E-state index >= 15 is 0 Å². The lowest BCUT2D eigenvalue weighted by Gasteiger charge is -2.05. The van der Waals surface area contributed by atoms with Gasteiger partial charge in [0.05, 0.1) is 20.7 Å². The summed E-state index contributed by atoms with van der Waals surface area (Å²) in [4.78, 5) is 22.7. The summed E-state index contributed by atoms with van der Waals surface area (Å²) in [6.45, 7) is 0. The van der Waals surface area contributed by atoms with Crippen LogP contribution in [-0.2, 0) is 0 Å². The van der Waals surface area contributed by atoms with Crippen LogP contribution in [0.3, 0.4) is 0 Å². The second kappa shape index (κ2) is 6.71. The van der Waals surface area contributed by atoms with Crippen LogP contribution in [0.15, 0.2) is 34.1 Å². The SMILES string of the molecule is COc1cc(/C=C/C(=O)c2ccc(Br)s2)cc([N+](=O)[O-])c1O. The first-order valence-corrected chi connectivity index (χ1v) is 7.56. The molecule has 1 aromatic carbocycles. The summed E-state index contributed by atoms with van der Waals surface area (Å²) in [7, 11) is 1.29. The first-order chi connectivity index (χ1) is 10.4. The molecule has 6 nitrogen and oxygen atoms in total. The maximum Gasteiger partial charge on any atom is 0.315 e. The van der Waals surface area contributed by atoms with Gasteiger partial charge in [0.1, 0.15) is 0 Å². The molecule has 1 N–H and O–H groups in total. The number of nitro benzene ring substituents is 1. The number of halogens is 1. The third kappa shape index (κ3) is 3.52. The number of thiophene rings is 1. The van der Waals surface area contributed by atoms with E-state index in [1.54, 1.807) is 12.1 Å². The van der Waals surface area contributed by atoms with Crippen LogP contribution in [0.1, 0.15) is 15.2 Å². The standard InChI is InChI=1S/C14H10BrNO5S/c1-21-11-7-8(6-9(14(11)18)16(19)20)2-3-10(17)12-4-5-13(15)22-12/h2-7,18H,1H3/b3-2+. The quantitative estimate of drug-likeness (QED) is 0.364. The predicted octanol–water partition coefficient (Wildman–Crippen LogP) is 4.03. The minimum atomic E-state index is -0.715. The summed E-state index contributed by atoms with van der Waals surface area (Å²) in [6.07, 6.45) is 2.75. The number of methoxy groups -OCH3 is 1. The van der Waals surface area contributed by atoms with Gasteiger partial charge in [0.15, 0.2) is 11.5 Å². The molecular weight excluding hydrogens is 374 g/mol. The molecular formula is C14H10BrNO5S. The zero-order valence-corrected chi connectivity index (χ0v) is 13.7. The number of ether oxygens (including phenoxy) is 1. The van der Waals surface area contributed by atoms with Crippen molar-refractivity contribution in [2.45, 2.75) is 0 Å². The van der Waals surface area contributed by atoms with E-state index in [9.17, 15) is 20.0 Å². The number of nitro groups is 1. The highest BCUT2D eigenvalue weighted by Gasteiger charge is 2.19. The van der Waals surface area contributed by atoms with Gasteiger partial charge in [-0.25, -0.2) is 0 Å². The Kier molecular flexibility index (Phi) is 4.94. The van der Waals surface area contributed by atoms with Crippen molar-refractivity contribution >= 4 is 44.8 Å². The average molecular weight is 384 g/mol. The van der Waals surface area contributed by atoms with Crippen LogP contribution in [0.5, 0.6) is 11.5 Å². The maximum absolute atomic E-state index is 12.0. The fraction of sp³-hybridized carbons (Fsp3) is 0.0714. The monoisotopic (exact) mass is 383 g/mol. The Morgan fingerprint density at radius 2 is 2.18 bits per heavy atom. The second-order valence-corrected chi connectivity index (χ2v) is 6.61. The van der Waals surface area contributed by atoms with Gasteiger partial charge in [-0.15, -0.1) is 11.3 Å². The molecule has 0 aliphatic rings. The molecule has 0 saturated carbocycles. The van der Waals surface area contributed by atoms with Crippen molar-refractivity contribution in [3.05, 3.63) is 54.7 Å². The van der Waals surface area contributed by atoms with Crippen LogP contribution in [0.4, 0.5) is 5.69 Å². The van der Waals surface area contributed by atoms with Crippen molar-refractivity contribution in [2.75, 3.05) is 7.11 Å². The third-order valence-corrected chi connectivity index (χ3v) is 4.38. The number of phenolic OH excluding ortho intramolecular Hbond substituents is 1. The smallest absolute Gasteiger partial charge is 0.315 e. The minimum absolute atomic E-state index is 0.0276. The number of carbonyl (C=O) groups excluding carboxylic acids is 1. The van der Waals surface area contributed by atoms with Crippen LogP contribution in [-0.4, -0.2) is 22.9 Å². The first-order valence-electron chi connectivity index (χ1n) is 5.95. The van der Waals surface area contributed by atoms with Crippen LogP contribution >= 0.6 is 27.3 Å². The van der Waals surface area contributed by atoms with Gasteiger partial charge in [0.2, 0.25) is 5.75 Å². The van der Waals surface area contributed by atoms with Crippen molar-refractivity contribution in [1.29, 1.82) is 0 Å². The molecule has 0 bridgehead atoms. The van der Waals surface area contributed by atoms with Crippen molar-refractivity contribution in [3.63, 3.8) is 0 Å². The van der Waals surface area contributed by atoms with Crippen molar-refractivity contribution in [2.24, 2.45) is 0 Å². The molecule has 0 aliphatic heterocycles. The number of hydrogen-bond acceptors (Lipinski definition) is 6. The summed E-state index contributed by atoms with van der Waals surface area (Å²) in [6, 6.07) is 6.03. The largest absolute Gasteiger partial charge is 0.500 e. The molecule has 1 aromatic heterocycles. The minimum Gasteiger partial charge on any atom is -0.500 e. The first kappa shape index (κ1) is 16.2. The molecule has 0 saturated heterocycles. The van der Waals surface area contributed by atoms with Gasteiger partial charge in [-0.2, -0.15) is 0 Å². The molecule has 2 aromatic rings. The molecule has 0 atom stereocenters. The number of carbonyl (C=O) groups is 1. The number of ketones is 1. The fourth-order valence-electron chi connectivity index (χ4n) is 1.71. The van der Waals surface area contributed by atoms with E-state index in [-0.39, 0.29) is 11.5 Å². The summed E-state index contributed by atoms with van der Waals surface area (Å²) in [5.74, 6) is -0.788. The number of benzene rings is 1. The molecule has 0 unspecified atom stereocenters. The summed E-state index contributed by atoms with van der Waals surface area (Å²) < 4.78 is 5.73. The topological polar surface area (TPSA) is 89.7 Å². The Morgan fingerprint density at radius 1 is 1.45 bits per heavy atom. The third-order valence-electron chi connectivity index (χ3n) is 2.74. The molecule has 1 heterocycles. The number of allylic oxidation sites excluding steroid dienone is 1. The highest BCUT2D eigenvalue weighted by Crippen LogP contribution is 2.37. The molecule has 0 aliphatic carbocycles. The number of rotatable bonds is 5.